The Labute approximate surface area is 84.4 Å². The van der Waals surface area contributed by atoms with Crippen molar-refractivity contribution < 1.29 is 9.63 Å². The van der Waals surface area contributed by atoms with Crippen LogP contribution in [0.2, 0.25) is 5.02 Å². The topological polar surface area (TPSA) is 72.0 Å². The molecule has 0 radical (unpaired) electrons. The fourth-order valence-corrected chi connectivity index (χ4v) is 1.04. The van der Waals surface area contributed by atoms with Crippen LogP contribution in [0.4, 0.5) is 0 Å². The fraction of sp³-hybridized carbons (Fsp3) is 0.125. The third kappa shape index (κ3) is 1.73. The molecule has 0 saturated carbocycles. The number of rotatable bonds is 2. The van der Waals surface area contributed by atoms with Gasteiger partial charge in [-0.25, -0.2) is 0 Å². The first-order chi connectivity index (χ1) is 6.79. The lowest BCUT2D eigenvalue weighted by atomic mass is 10.3. The normalized spacial score (nSPS) is 10.4. The number of halogens is 1. The molecular weight excluding hydrogens is 206 g/mol. The van der Waals surface area contributed by atoms with E-state index in [0.29, 0.717) is 16.5 Å². The maximum absolute atomic E-state index is 8.70. The molecule has 6 heteroatoms. The van der Waals surface area contributed by atoms with Crippen molar-refractivity contribution in [2.75, 3.05) is 0 Å². The molecule has 0 atom stereocenters. The van der Waals surface area contributed by atoms with Crippen molar-refractivity contribution in [3.05, 3.63) is 29.2 Å². The number of aliphatic hydroxyl groups excluding tert-OH is 1. The average molecular weight is 212 g/mol. The first kappa shape index (κ1) is 9.11. The van der Waals surface area contributed by atoms with Crippen LogP contribution in [0.5, 0.6) is 0 Å². The largest absolute Gasteiger partial charge is 0.387 e. The van der Waals surface area contributed by atoms with Crippen molar-refractivity contribution in [2.24, 2.45) is 0 Å². The van der Waals surface area contributed by atoms with Crippen LogP contribution in [-0.4, -0.2) is 20.2 Å². The van der Waals surface area contributed by atoms with E-state index in [1.54, 1.807) is 12.1 Å². The summed E-state index contributed by atoms with van der Waals surface area (Å²) in [5, 5.41) is 12.9. The zero-order chi connectivity index (χ0) is 9.97. The summed E-state index contributed by atoms with van der Waals surface area (Å²) < 4.78 is 4.71. The Bertz CT molecular complexity index is 426. The van der Waals surface area contributed by atoms with E-state index in [1.165, 1.54) is 6.20 Å². The highest BCUT2D eigenvalue weighted by atomic mass is 35.5. The number of aromatic nitrogens is 3. The minimum atomic E-state index is -0.277. The fourth-order valence-electron chi connectivity index (χ4n) is 0.931. The van der Waals surface area contributed by atoms with Crippen LogP contribution >= 0.6 is 11.6 Å². The van der Waals surface area contributed by atoms with Crippen molar-refractivity contribution in [2.45, 2.75) is 6.61 Å². The van der Waals surface area contributed by atoms with E-state index < -0.39 is 0 Å². The highest BCUT2D eigenvalue weighted by Crippen LogP contribution is 2.15. The molecule has 0 spiro atoms. The Hall–Kier alpha value is -1.46. The molecule has 2 aromatic heterocycles. The zero-order valence-corrected chi connectivity index (χ0v) is 7.77. The molecule has 0 unspecified atom stereocenters. The molecule has 72 valence electrons. The molecule has 0 saturated heterocycles. The van der Waals surface area contributed by atoms with Crippen LogP contribution < -0.4 is 0 Å². The first-order valence-corrected chi connectivity index (χ1v) is 4.23. The lowest BCUT2D eigenvalue weighted by Gasteiger charge is -1.91. The molecule has 2 aromatic rings. The van der Waals surface area contributed by atoms with Gasteiger partial charge in [-0.1, -0.05) is 16.8 Å². The molecule has 5 nitrogen and oxygen atoms in total. The molecule has 0 bridgehead atoms. The van der Waals surface area contributed by atoms with Gasteiger partial charge in [0.2, 0.25) is 5.82 Å². The van der Waals surface area contributed by atoms with Gasteiger partial charge in [0.05, 0.1) is 5.02 Å². The summed E-state index contributed by atoms with van der Waals surface area (Å²) in [4.78, 5) is 7.89. The van der Waals surface area contributed by atoms with Gasteiger partial charge in [0.25, 0.3) is 5.89 Å². The smallest absolute Gasteiger partial charge is 0.252 e. The Morgan fingerprint density at radius 2 is 2.29 bits per heavy atom. The summed E-state index contributed by atoms with van der Waals surface area (Å²) in [6.45, 7) is -0.277. The number of aliphatic hydroxyl groups is 1. The molecule has 0 aromatic carbocycles. The van der Waals surface area contributed by atoms with E-state index in [2.05, 4.69) is 15.1 Å². The van der Waals surface area contributed by atoms with E-state index >= 15 is 0 Å². The van der Waals surface area contributed by atoms with Crippen LogP contribution in [0.25, 0.3) is 11.5 Å². The van der Waals surface area contributed by atoms with Crippen LogP contribution in [0.1, 0.15) is 5.89 Å². The van der Waals surface area contributed by atoms with Crippen LogP contribution in [-0.2, 0) is 6.61 Å². The van der Waals surface area contributed by atoms with Gasteiger partial charge in [0, 0.05) is 6.20 Å². The van der Waals surface area contributed by atoms with Gasteiger partial charge < -0.3 is 9.63 Å². The van der Waals surface area contributed by atoms with Gasteiger partial charge in [0.15, 0.2) is 0 Å². The van der Waals surface area contributed by atoms with Gasteiger partial charge in [-0.3, -0.25) is 4.98 Å². The maximum Gasteiger partial charge on any atom is 0.252 e. The molecule has 14 heavy (non-hydrogen) atoms. The standard InChI is InChI=1S/C8H6ClN3O2/c9-5-1-2-6(10-3-5)8-11-7(4-13)14-12-8/h1-3,13H,4H2. The van der Waals surface area contributed by atoms with Crippen LogP contribution in [0.3, 0.4) is 0 Å². The minimum Gasteiger partial charge on any atom is -0.387 e. The van der Waals surface area contributed by atoms with Crippen molar-refractivity contribution in [3.8, 4) is 11.5 Å². The summed E-state index contributed by atoms with van der Waals surface area (Å²) >= 11 is 5.66. The Morgan fingerprint density at radius 1 is 1.43 bits per heavy atom. The Balaban J connectivity index is 2.34. The molecular formula is C8H6ClN3O2. The quantitative estimate of drug-likeness (QED) is 0.810. The zero-order valence-electron chi connectivity index (χ0n) is 7.01. The molecule has 1 N–H and O–H groups in total. The minimum absolute atomic E-state index is 0.164. The summed E-state index contributed by atoms with van der Waals surface area (Å²) in [5.74, 6) is 0.502. The molecule has 0 aliphatic heterocycles. The average Bonchev–Trinajstić information content (AvgIpc) is 2.67. The summed E-state index contributed by atoms with van der Waals surface area (Å²) in [5.41, 5.74) is 0.554. The van der Waals surface area contributed by atoms with Crippen molar-refractivity contribution in [1.29, 1.82) is 0 Å². The van der Waals surface area contributed by atoms with Crippen molar-refractivity contribution >= 4 is 11.6 Å². The highest BCUT2D eigenvalue weighted by molar-refractivity contribution is 6.30. The molecule has 0 amide bonds. The van der Waals surface area contributed by atoms with E-state index in [9.17, 15) is 0 Å². The van der Waals surface area contributed by atoms with Gasteiger partial charge in [0.1, 0.15) is 12.3 Å². The monoisotopic (exact) mass is 211 g/mol. The first-order valence-electron chi connectivity index (χ1n) is 3.85. The highest BCUT2D eigenvalue weighted by Gasteiger charge is 2.08. The Morgan fingerprint density at radius 3 is 2.86 bits per heavy atom. The predicted octanol–water partition coefficient (Wildman–Crippen LogP) is 1.28. The molecule has 0 aliphatic rings. The van der Waals surface area contributed by atoms with Gasteiger partial charge >= 0.3 is 0 Å². The van der Waals surface area contributed by atoms with Gasteiger partial charge in [-0.05, 0) is 12.1 Å². The molecule has 0 fully saturated rings. The van der Waals surface area contributed by atoms with Crippen LogP contribution in [0.15, 0.2) is 22.9 Å². The number of hydrogen-bond donors (Lipinski definition) is 1. The second-order valence-corrected chi connectivity index (χ2v) is 2.97. The van der Waals surface area contributed by atoms with Crippen molar-refractivity contribution in [1.82, 2.24) is 15.1 Å². The lowest BCUT2D eigenvalue weighted by Crippen LogP contribution is -1.86. The summed E-state index contributed by atoms with van der Waals surface area (Å²) in [6.07, 6.45) is 1.49. The van der Waals surface area contributed by atoms with E-state index in [0.717, 1.165) is 0 Å². The number of hydrogen-bond acceptors (Lipinski definition) is 5. The summed E-state index contributed by atoms with van der Waals surface area (Å²) in [6, 6.07) is 3.35. The maximum atomic E-state index is 8.70. The van der Waals surface area contributed by atoms with Gasteiger partial charge in [-0.15, -0.1) is 0 Å². The molecule has 2 rings (SSSR count). The second kappa shape index (κ2) is 3.73. The summed E-state index contributed by atoms with van der Waals surface area (Å²) in [7, 11) is 0. The van der Waals surface area contributed by atoms with Crippen molar-refractivity contribution in [3.63, 3.8) is 0 Å². The lowest BCUT2D eigenvalue weighted by molar-refractivity contribution is 0.222. The third-order valence-electron chi connectivity index (χ3n) is 1.56. The van der Waals surface area contributed by atoms with Crippen LogP contribution in [0, 0.1) is 0 Å². The van der Waals surface area contributed by atoms with E-state index in [-0.39, 0.29) is 12.5 Å². The van der Waals surface area contributed by atoms with E-state index in [1.807, 2.05) is 0 Å². The van der Waals surface area contributed by atoms with E-state index in [4.69, 9.17) is 21.2 Å². The van der Waals surface area contributed by atoms with Gasteiger partial charge in [-0.2, -0.15) is 4.98 Å². The number of pyridine rings is 1. The SMILES string of the molecule is OCc1nc(-c2ccc(Cl)cn2)no1. The number of nitrogens with zero attached hydrogens (tertiary/aromatic N) is 3. The Kier molecular flexibility index (Phi) is 2.43. The predicted molar refractivity (Wildman–Crippen MR) is 48.5 cm³/mol. The molecule has 0 aliphatic carbocycles. The second-order valence-electron chi connectivity index (χ2n) is 2.53. The third-order valence-corrected chi connectivity index (χ3v) is 1.78. The molecule has 2 heterocycles.